The molecule has 116 valence electrons. The van der Waals surface area contributed by atoms with Gasteiger partial charge in [0, 0.05) is 37.5 Å². The number of hydrogen-bond donors (Lipinski definition) is 0. The monoisotopic (exact) mass is 310 g/mol. The Morgan fingerprint density at radius 1 is 1.33 bits per heavy atom. The van der Waals surface area contributed by atoms with Crippen molar-refractivity contribution in [3.63, 3.8) is 0 Å². The van der Waals surface area contributed by atoms with E-state index in [-0.39, 0.29) is 17.7 Å². The molecule has 1 heterocycles. The minimum absolute atomic E-state index is 0.0223. The van der Waals surface area contributed by atoms with Gasteiger partial charge in [-0.05, 0) is 31.7 Å². The summed E-state index contributed by atoms with van der Waals surface area (Å²) in [6, 6.07) is 7.09. The van der Waals surface area contributed by atoms with Crippen LogP contribution in [0.4, 0.5) is 0 Å². The van der Waals surface area contributed by atoms with Gasteiger partial charge in [0.1, 0.15) is 0 Å². The molecule has 21 heavy (non-hydrogen) atoms. The van der Waals surface area contributed by atoms with Gasteiger partial charge in [-0.25, -0.2) is 8.42 Å². The normalized spacial score (nSPS) is 20.5. The molecule has 1 aliphatic heterocycles. The van der Waals surface area contributed by atoms with Crippen molar-refractivity contribution in [2.45, 2.75) is 18.7 Å². The molecule has 1 amide bonds. The minimum Gasteiger partial charge on any atom is -0.333 e. The number of piperazine rings is 1. The third kappa shape index (κ3) is 4.28. The van der Waals surface area contributed by atoms with Crippen molar-refractivity contribution in [2.75, 3.05) is 32.9 Å². The van der Waals surface area contributed by atoms with Crippen molar-refractivity contribution in [3.05, 3.63) is 35.4 Å². The van der Waals surface area contributed by atoms with Crippen molar-refractivity contribution >= 4 is 15.7 Å². The molecule has 0 unspecified atom stereocenters. The molecular formula is C15H22N2O3S. The van der Waals surface area contributed by atoms with Gasteiger partial charge in [-0.15, -0.1) is 0 Å². The summed E-state index contributed by atoms with van der Waals surface area (Å²) in [5.74, 6) is -0.0576. The fourth-order valence-corrected chi connectivity index (χ4v) is 3.49. The van der Waals surface area contributed by atoms with Crippen LogP contribution in [0, 0.1) is 0 Å². The van der Waals surface area contributed by atoms with Gasteiger partial charge in [-0.3, -0.25) is 4.79 Å². The van der Waals surface area contributed by atoms with Crippen LogP contribution in [0.25, 0.3) is 0 Å². The average molecular weight is 310 g/mol. The molecule has 0 aliphatic carbocycles. The molecule has 0 bridgehead atoms. The van der Waals surface area contributed by atoms with Gasteiger partial charge >= 0.3 is 0 Å². The average Bonchev–Trinajstić information content (AvgIpc) is 2.36. The molecule has 6 heteroatoms. The molecule has 1 atom stereocenters. The van der Waals surface area contributed by atoms with Gasteiger partial charge in [0.2, 0.25) is 0 Å². The highest BCUT2D eigenvalue weighted by molar-refractivity contribution is 7.89. The molecule has 0 radical (unpaired) electrons. The predicted octanol–water partition coefficient (Wildman–Crippen LogP) is 1.01. The molecule has 1 aromatic carbocycles. The topological polar surface area (TPSA) is 57.7 Å². The van der Waals surface area contributed by atoms with Crippen molar-refractivity contribution < 1.29 is 13.2 Å². The van der Waals surface area contributed by atoms with Crippen molar-refractivity contribution in [3.8, 4) is 0 Å². The van der Waals surface area contributed by atoms with E-state index in [2.05, 4.69) is 4.90 Å². The Kier molecular flexibility index (Phi) is 4.68. The van der Waals surface area contributed by atoms with Crippen LogP contribution in [-0.4, -0.2) is 63.1 Å². The van der Waals surface area contributed by atoms with E-state index in [1.165, 1.54) is 6.26 Å². The van der Waals surface area contributed by atoms with Gasteiger partial charge in [-0.2, -0.15) is 0 Å². The van der Waals surface area contributed by atoms with E-state index in [1.807, 2.05) is 18.9 Å². The highest BCUT2D eigenvalue weighted by atomic mass is 32.2. The Morgan fingerprint density at radius 3 is 2.67 bits per heavy atom. The number of carbonyl (C=O) groups is 1. The lowest BCUT2D eigenvalue weighted by molar-refractivity contribution is 0.0533. The van der Waals surface area contributed by atoms with Gasteiger partial charge in [0.15, 0.2) is 9.84 Å². The van der Waals surface area contributed by atoms with Crippen molar-refractivity contribution in [1.29, 1.82) is 0 Å². The summed E-state index contributed by atoms with van der Waals surface area (Å²) in [6.45, 7) is 4.45. The summed E-state index contributed by atoms with van der Waals surface area (Å²) < 4.78 is 22.7. The first-order valence-corrected chi connectivity index (χ1v) is 9.08. The molecule has 1 saturated heterocycles. The minimum atomic E-state index is -3.09. The fourth-order valence-electron chi connectivity index (χ4n) is 2.70. The molecule has 5 nitrogen and oxygen atoms in total. The predicted molar refractivity (Wildman–Crippen MR) is 83.0 cm³/mol. The zero-order valence-electron chi connectivity index (χ0n) is 12.7. The van der Waals surface area contributed by atoms with Crippen LogP contribution in [0.1, 0.15) is 22.8 Å². The molecule has 0 spiro atoms. The molecule has 2 rings (SSSR count). The second kappa shape index (κ2) is 6.15. The van der Waals surface area contributed by atoms with Crippen molar-refractivity contribution in [2.24, 2.45) is 0 Å². The number of rotatable bonds is 3. The van der Waals surface area contributed by atoms with E-state index in [9.17, 15) is 13.2 Å². The van der Waals surface area contributed by atoms with E-state index in [0.717, 1.165) is 13.1 Å². The van der Waals surface area contributed by atoms with Crippen molar-refractivity contribution in [1.82, 2.24) is 9.80 Å². The van der Waals surface area contributed by atoms with E-state index in [0.29, 0.717) is 17.7 Å². The van der Waals surface area contributed by atoms with Gasteiger partial charge in [0.05, 0.1) is 5.75 Å². The molecule has 1 fully saturated rings. The summed E-state index contributed by atoms with van der Waals surface area (Å²) in [7, 11) is -1.05. The van der Waals surface area contributed by atoms with Crippen LogP contribution in [0.15, 0.2) is 24.3 Å². The highest BCUT2D eigenvalue weighted by Gasteiger charge is 2.26. The van der Waals surface area contributed by atoms with E-state index < -0.39 is 9.84 Å². The molecule has 0 N–H and O–H groups in total. The van der Waals surface area contributed by atoms with Gasteiger partial charge < -0.3 is 9.80 Å². The number of benzene rings is 1. The SMILES string of the molecule is C[C@@H]1CN(C)CCN1C(=O)c1cccc(CS(C)(=O)=O)c1. The third-order valence-corrected chi connectivity index (χ3v) is 4.55. The third-order valence-electron chi connectivity index (χ3n) is 3.69. The zero-order valence-corrected chi connectivity index (χ0v) is 13.6. The smallest absolute Gasteiger partial charge is 0.254 e. The maximum atomic E-state index is 12.6. The van der Waals surface area contributed by atoms with E-state index in [4.69, 9.17) is 0 Å². The Morgan fingerprint density at radius 2 is 2.05 bits per heavy atom. The van der Waals surface area contributed by atoms with E-state index >= 15 is 0 Å². The second-order valence-corrected chi connectivity index (χ2v) is 8.02. The molecular weight excluding hydrogens is 288 g/mol. The number of amides is 1. The van der Waals surface area contributed by atoms with Crippen LogP contribution in [0.2, 0.25) is 0 Å². The number of carbonyl (C=O) groups excluding carboxylic acids is 1. The largest absolute Gasteiger partial charge is 0.333 e. The molecule has 1 aromatic rings. The number of sulfone groups is 1. The molecule has 0 saturated carbocycles. The van der Waals surface area contributed by atoms with E-state index in [1.54, 1.807) is 24.3 Å². The Bertz CT molecular complexity index is 628. The van der Waals surface area contributed by atoms with Crippen LogP contribution < -0.4 is 0 Å². The summed E-state index contributed by atoms with van der Waals surface area (Å²) in [5, 5.41) is 0. The summed E-state index contributed by atoms with van der Waals surface area (Å²) >= 11 is 0. The Balaban J connectivity index is 2.18. The highest BCUT2D eigenvalue weighted by Crippen LogP contribution is 2.15. The van der Waals surface area contributed by atoms with Crippen LogP contribution in [-0.2, 0) is 15.6 Å². The summed E-state index contributed by atoms with van der Waals surface area (Å²) in [5.41, 5.74) is 1.22. The van der Waals surface area contributed by atoms with Crippen LogP contribution in [0.3, 0.4) is 0 Å². The van der Waals surface area contributed by atoms with Crippen LogP contribution >= 0.6 is 0 Å². The lowest BCUT2D eigenvalue weighted by atomic mass is 10.1. The first-order valence-electron chi connectivity index (χ1n) is 7.02. The Hall–Kier alpha value is -1.40. The molecule has 0 aromatic heterocycles. The number of hydrogen-bond acceptors (Lipinski definition) is 4. The fraction of sp³-hybridized carbons (Fsp3) is 0.533. The maximum absolute atomic E-state index is 12.6. The van der Waals surface area contributed by atoms with Gasteiger partial charge in [-0.1, -0.05) is 12.1 Å². The Labute approximate surface area is 126 Å². The lowest BCUT2D eigenvalue weighted by Gasteiger charge is -2.38. The lowest BCUT2D eigenvalue weighted by Crippen LogP contribution is -2.52. The standard InChI is InChI=1S/C15H22N2O3S/c1-12-10-16(2)7-8-17(12)15(18)14-6-4-5-13(9-14)11-21(3,19)20/h4-6,9,12H,7-8,10-11H2,1-3H3/t12-/m1/s1. The second-order valence-electron chi connectivity index (χ2n) is 5.88. The number of nitrogens with zero attached hydrogens (tertiary/aromatic N) is 2. The first kappa shape index (κ1) is 16.0. The van der Waals surface area contributed by atoms with Gasteiger partial charge in [0.25, 0.3) is 5.91 Å². The maximum Gasteiger partial charge on any atom is 0.254 e. The first-order chi connectivity index (χ1) is 9.76. The summed E-state index contributed by atoms with van der Waals surface area (Å²) in [4.78, 5) is 16.7. The molecule has 1 aliphatic rings. The number of likely N-dealkylation sites (N-methyl/N-ethyl adjacent to an activating group) is 1. The zero-order chi connectivity index (χ0) is 15.6. The van der Waals surface area contributed by atoms with Crippen LogP contribution in [0.5, 0.6) is 0 Å². The summed E-state index contributed by atoms with van der Waals surface area (Å²) in [6.07, 6.45) is 1.20. The quantitative estimate of drug-likeness (QED) is 0.836.